The Balaban J connectivity index is 1.47. The number of fused-ring (bicyclic) bond motifs is 1. The maximum atomic E-state index is 12.8. The lowest BCUT2D eigenvalue weighted by Gasteiger charge is -2.34. The monoisotopic (exact) mass is 435 g/mol. The van der Waals surface area contributed by atoms with E-state index in [2.05, 4.69) is 26.2 Å². The quantitative estimate of drug-likeness (QED) is 0.743. The lowest BCUT2D eigenvalue weighted by molar-refractivity contribution is 0.109. The van der Waals surface area contributed by atoms with Crippen LogP contribution in [0.15, 0.2) is 12.1 Å². The second-order valence-corrected chi connectivity index (χ2v) is 8.33. The molecule has 0 radical (unpaired) electrons. The number of hydrogen-bond acceptors (Lipinski definition) is 8. The summed E-state index contributed by atoms with van der Waals surface area (Å²) in [6.45, 7) is 7.82. The number of benzene rings is 1. The molecule has 2 amide bonds. The first-order chi connectivity index (χ1) is 14.7. The van der Waals surface area contributed by atoms with Gasteiger partial charge in [-0.3, -0.25) is 10.2 Å². The molecule has 0 saturated carbocycles. The van der Waals surface area contributed by atoms with E-state index < -0.39 is 0 Å². The summed E-state index contributed by atoms with van der Waals surface area (Å²) in [5, 5.41) is 3.59. The number of methoxy groups -OCH3 is 2. The Morgan fingerprint density at radius 3 is 2.63 bits per heavy atom. The fourth-order valence-corrected chi connectivity index (χ4v) is 4.82. The number of aromatic nitrogens is 1. The molecule has 2 aliphatic rings. The molecule has 0 spiro atoms. The maximum absolute atomic E-state index is 12.8. The molecular formula is C20H29N5O4S. The number of urea groups is 1. The summed E-state index contributed by atoms with van der Waals surface area (Å²) in [5.74, 6) is 0.713. The summed E-state index contributed by atoms with van der Waals surface area (Å²) >= 11 is 1.49. The first-order valence-electron chi connectivity index (χ1n) is 10.3. The molecule has 2 aromatic rings. The van der Waals surface area contributed by atoms with Crippen molar-refractivity contribution in [3.05, 3.63) is 12.1 Å². The summed E-state index contributed by atoms with van der Waals surface area (Å²) in [6.07, 6.45) is 0. The van der Waals surface area contributed by atoms with E-state index >= 15 is 0 Å². The van der Waals surface area contributed by atoms with Crippen molar-refractivity contribution >= 4 is 38.4 Å². The number of rotatable bonds is 6. The first-order valence-corrected chi connectivity index (χ1v) is 11.1. The zero-order chi connectivity index (χ0) is 20.9. The number of nitrogens with one attached hydrogen (secondary N) is 1. The minimum Gasteiger partial charge on any atom is -0.494 e. The minimum absolute atomic E-state index is 0.104. The first kappa shape index (κ1) is 21.1. The van der Waals surface area contributed by atoms with Crippen molar-refractivity contribution in [1.82, 2.24) is 14.8 Å². The van der Waals surface area contributed by atoms with Crippen molar-refractivity contribution in [1.29, 1.82) is 0 Å². The molecule has 1 aromatic carbocycles. The van der Waals surface area contributed by atoms with Crippen LogP contribution < -0.4 is 15.0 Å². The highest BCUT2D eigenvalue weighted by molar-refractivity contribution is 7.23. The van der Waals surface area contributed by atoms with Gasteiger partial charge in [0.2, 0.25) is 0 Å². The molecule has 2 fully saturated rings. The molecule has 30 heavy (non-hydrogen) atoms. The van der Waals surface area contributed by atoms with E-state index in [1.54, 1.807) is 14.2 Å². The zero-order valence-corrected chi connectivity index (χ0v) is 18.4. The van der Waals surface area contributed by atoms with E-state index in [9.17, 15) is 4.79 Å². The molecule has 2 saturated heterocycles. The van der Waals surface area contributed by atoms with Crippen molar-refractivity contribution in [2.75, 3.05) is 90.1 Å². The van der Waals surface area contributed by atoms with Gasteiger partial charge in [-0.1, -0.05) is 11.3 Å². The fraction of sp³-hybridized carbons (Fsp3) is 0.600. The Kier molecular flexibility index (Phi) is 6.88. The molecule has 4 rings (SSSR count). The molecule has 10 heteroatoms. The topological polar surface area (TPSA) is 79.4 Å². The molecular weight excluding hydrogens is 406 g/mol. The second kappa shape index (κ2) is 9.78. The van der Waals surface area contributed by atoms with Crippen LogP contribution in [0.2, 0.25) is 0 Å². The number of anilines is 2. The van der Waals surface area contributed by atoms with Gasteiger partial charge in [0.25, 0.3) is 0 Å². The van der Waals surface area contributed by atoms with E-state index in [1.165, 1.54) is 11.3 Å². The van der Waals surface area contributed by atoms with Crippen LogP contribution in [-0.2, 0) is 9.47 Å². The summed E-state index contributed by atoms with van der Waals surface area (Å²) in [5.41, 5.74) is 1.89. The predicted octanol–water partition coefficient (Wildman–Crippen LogP) is 1.94. The number of hydrogen-bond donors (Lipinski definition) is 1. The van der Waals surface area contributed by atoms with Crippen molar-refractivity contribution in [2.24, 2.45) is 0 Å². The summed E-state index contributed by atoms with van der Waals surface area (Å²) in [6, 6.07) is 3.90. The average molecular weight is 436 g/mol. The van der Waals surface area contributed by atoms with Crippen molar-refractivity contribution in [3.63, 3.8) is 0 Å². The van der Waals surface area contributed by atoms with Gasteiger partial charge in [0.1, 0.15) is 11.3 Å². The Labute approximate surface area is 180 Å². The van der Waals surface area contributed by atoms with Crippen LogP contribution in [0.1, 0.15) is 0 Å². The second-order valence-electron chi connectivity index (χ2n) is 7.33. The highest BCUT2D eigenvalue weighted by atomic mass is 32.1. The van der Waals surface area contributed by atoms with Gasteiger partial charge in [0.05, 0.1) is 37.3 Å². The van der Waals surface area contributed by atoms with Gasteiger partial charge < -0.3 is 24.0 Å². The Morgan fingerprint density at radius 1 is 1.17 bits per heavy atom. The molecule has 164 valence electrons. The number of piperazine rings is 1. The van der Waals surface area contributed by atoms with E-state index in [-0.39, 0.29) is 6.03 Å². The lowest BCUT2D eigenvalue weighted by atomic mass is 10.2. The van der Waals surface area contributed by atoms with Gasteiger partial charge in [-0.25, -0.2) is 9.78 Å². The van der Waals surface area contributed by atoms with Crippen LogP contribution in [0.25, 0.3) is 10.2 Å². The van der Waals surface area contributed by atoms with Crippen LogP contribution in [0.5, 0.6) is 5.75 Å². The third-order valence-corrected chi connectivity index (χ3v) is 6.54. The molecule has 0 bridgehead atoms. The number of ether oxygens (including phenoxy) is 3. The van der Waals surface area contributed by atoms with Gasteiger partial charge >= 0.3 is 6.03 Å². The summed E-state index contributed by atoms with van der Waals surface area (Å²) < 4.78 is 17.2. The minimum atomic E-state index is -0.104. The van der Waals surface area contributed by atoms with Crippen molar-refractivity contribution < 1.29 is 19.0 Å². The normalized spacial score (nSPS) is 18.1. The van der Waals surface area contributed by atoms with Gasteiger partial charge in [0.15, 0.2) is 5.13 Å². The third-order valence-electron chi connectivity index (χ3n) is 5.54. The largest absolute Gasteiger partial charge is 0.494 e. The van der Waals surface area contributed by atoms with Crippen molar-refractivity contribution in [2.45, 2.75) is 0 Å². The van der Waals surface area contributed by atoms with E-state index in [1.807, 2.05) is 11.0 Å². The molecule has 2 aliphatic heterocycles. The zero-order valence-electron chi connectivity index (χ0n) is 17.6. The number of carbonyl (C=O) groups excluding carboxylic acids is 1. The van der Waals surface area contributed by atoms with Crippen LogP contribution in [0, 0.1) is 0 Å². The third kappa shape index (κ3) is 4.61. The fourth-order valence-electron chi connectivity index (χ4n) is 3.81. The molecule has 0 aliphatic carbocycles. The Hall–Kier alpha value is -2.14. The van der Waals surface area contributed by atoms with Gasteiger partial charge in [0, 0.05) is 52.9 Å². The molecule has 9 nitrogen and oxygen atoms in total. The van der Waals surface area contributed by atoms with Crippen LogP contribution in [0.3, 0.4) is 0 Å². The van der Waals surface area contributed by atoms with Gasteiger partial charge in [-0.2, -0.15) is 0 Å². The Bertz CT molecular complexity index is 862. The molecule has 1 N–H and O–H groups in total. The predicted molar refractivity (Wildman–Crippen MR) is 118 cm³/mol. The highest BCUT2D eigenvalue weighted by Crippen LogP contribution is 2.39. The van der Waals surface area contributed by atoms with Crippen molar-refractivity contribution in [3.8, 4) is 5.75 Å². The molecule has 1 aromatic heterocycles. The molecule has 3 heterocycles. The van der Waals surface area contributed by atoms with E-state index in [4.69, 9.17) is 14.2 Å². The van der Waals surface area contributed by atoms with Crippen LogP contribution in [0.4, 0.5) is 15.6 Å². The number of nitrogens with zero attached hydrogens (tertiary/aromatic N) is 4. The van der Waals surface area contributed by atoms with E-state index in [0.717, 1.165) is 48.6 Å². The number of amides is 2. The smallest absolute Gasteiger partial charge is 0.323 e. The SMILES string of the molecule is COCCN1CCN(C(=O)Nc2nc3c(OC)ccc(N4CCOCC4)c3s2)CC1. The average Bonchev–Trinajstić information content (AvgIpc) is 3.21. The molecule has 0 unspecified atom stereocenters. The molecule has 0 atom stereocenters. The summed E-state index contributed by atoms with van der Waals surface area (Å²) in [4.78, 5) is 23.9. The van der Waals surface area contributed by atoms with E-state index in [0.29, 0.717) is 43.8 Å². The lowest BCUT2D eigenvalue weighted by Crippen LogP contribution is -2.50. The van der Waals surface area contributed by atoms with Crippen LogP contribution >= 0.6 is 11.3 Å². The van der Waals surface area contributed by atoms with Crippen LogP contribution in [-0.4, -0.2) is 101 Å². The van der Waals surface area contributed by atoms with Gasteiger partial charge in [-0.05, 0) is 12.1 Å². The summed E-state index contributed by atoms with van der Waals surface area (Å²) in [7, 11) is 3.35. The maximum Gasteiger partial charge on any atom is 0.323 e. The number of carbonyl (C=O) groups is 1. The Morgan fingerprint density at radius 2 is 1.93 bits per heavy atom. The number of thiazole rings is 1. The standard InChI is InChI=1S/C20H29N5O4S/c1-27-12-9-23-5-7-25(8-6-23)20(26)22-19-21-17-16(28-2)4-3-15(18(17)30-19)24-10-13-29-14-11-24/h3-4H,5-14H2,1-2H3,(H,21,22,26). The number of morpholine rings is 1. The highest BCUT2D eigenvalue weighted by Gasteiger charge is 2.23. The van der Waals surface area contributed by atoms with Gasteiger partial charge in [-0.15, -0.1) is 0 Å².